The van der Waals surface area contributed by atoms with Crippen molar-refractivity contribution in [2.45, 2.75) is 39.7 Å². The van der Waals surface area contributed by atoms with Gasteiger partial charge in [-0.1, -0.05) is 6.92 Å². The SMILES string of the molecule is CC(=O)[C@H]1C(=O)C[C@@](C)(O)[C@H](C(C)=O)[C@@H]1C. The first kappa shape index (κ1) is 13.0. The van der Waals surface area contributed by atoms with Crippen molar-refractivity contribution < 1.29 is 19.5 Å². The van der Waals surface area contributed by atoms with Gasteiger partial charge >= 0.3 is 0 Å². The first-order valence-electron chi connectivity index (χ1n) is 5.44. The molecule has 4 heteroatoms. The van der Waals surface area contributed by atoms with Crippen molar-refractivity contribution in [2.24, 2.45) is 17.8 Å². The molecule has 0 heterocycles. The van der Waals surface area contributed by atoms with E-state index < -0.39 is 23.4 Å². The summed E-state index contributed by atoms with van der Waals surface area (Å²) < 4.78 is 0. The monoisotopic (exact) mass is 226 g/mol. The van der Waals surface area contributed by atoms with Gasteiger partial charge in [0.1, 0.15) is 17.3 Å². The lowest BCUT2D eigenvalue weighted by Gasteiger charge is -2.42. The Hall–Kier alpha value is -1.03. The summed E-state index contributed by atoms with van der Waals surface area (Å²) in [6.45, 7) is 5.92. The fourth-order valence-corrected chi connectivity index (χ4v) is 3.03. The number of carbonyl (C=O) groups excluding carboxylic acids is 3. The van der Waals surface area contributed by atoms with Gasteiger partial charge in [-0.15, -0.1) is 0 Å². The smallest absolute Gasteiger partial charge is 0.146 e. The molecule has 1 fully saturated rings. The predicted octanol–water partition coefficient (Wildman–Crippen LogP) is 0.757. The number of Topliss-reactive ketones (excluding diaryl/α,β-unsaturated/α-hetero) is 3. The second kappa shape index (κ2) is 4.09. The lowest BCUT2D eigenvalue weighted by molar-refractivity contribution is -0.155. The topological polar surface area (TPSA) is 71.4 Å². The van der Waals surface area contributed by atoms with E-state index in [1.54, 1.807) is 6.92 Å². The van der Waals surface area contributed by atoms with Crippen LogP contribution in [0, 0.1) is 17.8 Å². The van der Waals surface area contributed by atoms with E-state index in [4.69, 9.17) is 0 Å². The van der Waals surface area contributed by atoms with Gasteiger partial charge in [-0.25, -0.2) is 0 Å². The van der Waals surface area contributed by atoms with Crippen LogP contribution in [0.3, 0.4) is 0 Å². The average Bonchev–Trinajstić information content (AvgIpc) is 1.97. The average molecular weight is 226 g/mol. The van der Waals surface area contributed by atoms with Crippen molar-refractivity contribution in [3.8, 4) is 0 Å². The Morgan fingerprint density at radius 1 is 1.31 bits per heavy atom. The molecular weight excluding hydrogens is 208 g/mol. The second-order valence-corrected chi connectivity index (χ2v) is 5.04. The molecule has 0 saturated heterocycles. The van der Waals surface area contributed by atoms with Crippen molar-refractivity contribution >= 4 is 17.3 Å². The summed E-state index contributed by atoms with van der Waals surface area (Å²) in [7, 11) is 0. The zero-order chi connectivity index (χ0) is 12.7. The molecule has 0 unspecified atom stereocenters. The quantitative estimate of drug-likeness (QED) is 0.705. The summed E-state index contributed by atoms with van der Waals surface area (Å²) >= 11 is 0. The highest BCUT2D eigenvalue weighted by Gasteiger charge is 2.51. The normalized spacial score (nSPS) is 39.6. The Kier molecular flexibility index (Phi) is 3.33. The van der Waals surface area contributed by atoms with E-state index >= 15 is 0 Å². The van der Waals surface area contributed by atoms with Gasteiger partial charge in [-0.05, 0) is 26.7 Å². The number of carbonyl (C=O) groups is 3. The highest BCUT2D eigenvalue weighted by atomic mass is 16.3. The number of rotatable bonds is 2. The lowest BCUT2D eigenvalue weighted by atomic mass is 9.62. The van der Waals surface area contributed by atoms with Crippen LogP contribution < -0.4 is 0 Å². The van der Waals surface area contributed by atoms with E-state index in [0.717, 1.165) is 0 Å². The van der Waals surface area contributed by atoms with Crippen molar-refractivity contribution in [1.82, 2.24) is 0 Å². The third kappa shape index (κ3) is 2.07. The summed E-state index contributed by atoms with van der Waals surface area (Å²) in [6.07, 6.45) is -0.119. The van der Waals surface area contributed by atoms with Gasteiger partial charge in [0.15, 0.2) is 0 Å². The fourth-order valence-electron chi connectivity index (χ4n) is 3.03. The van der Waals surface area contributed by atoms with Crippen LogP contribution in [-0.2, 0) is 14.4 Å². The van der Waals surface area contributed by atoms with Crippen LogP contribution in [0.25, 0.3) is 0 Å². The lowest BCUT2D eigenvalue weighted by Crippen LogP contribution is -2.54. The maximum absolute atomic E-state index is 11.7. The Labute approximate surface area is 95.0 Å². The number of hydrogen-bond acceptors (Lipinski definition) is 4. The second-order valence-electron chi connectivity index (χ2n) is 5.04. The highest BCUT2D eigenvalue weighted by molar-refractivity contribution is 6.03. The Balaban J connectivity index is 3.13. The van der Waals surface area contributed by atoms with Crippen molar-refractivity contribution in [3.63, 3.8) is 0 Å². The fraction of sp³-hybridized carbons (Fsp3) is 0.750. The van der Waals surface area contributed by atoms with Gasteiger partial charge in [0, 0.05) is 12.3 Å². The van der Waals surface area contributed by atoms with Crippen LogP contribution in [-0.4, -0.2) is 28.1 Å². The molecule has 4 atom stereocenters. The minimum absolute atomic E-state index is 0.119. The standard InChI is InChI=1S/C12H18O4/c1-6-10(7(2)13)9(15)5-12(4,16)11(6)8(3)14/h6,10-11,16H,5H2,1-4H3/t6-,10+,11+,12-/m1/s1. The molecular formula is C12H18O4. The highest BCUT2D eigenvalue weighted by Crippen LogP contribution is 2.40. The van der Waals surface area contributed by atoms with Gasteiger partial charge in [-0.2, -0.15) is 0 Å². The van der Waals surface area contributed by atoms with Crippen molar-refractivity contribution in [1.29, 1.82) is 0 Å². The van der Waals surface area contributed by atoms with Crippen LogP contribution in [0.5, 0.6) is 0 Å². The Morgan fingerprint density at radius 2 is 1.81 bits per heavy atom. The van der Waals surface area contributed by atoms with Gasteiger partial charge in [0.25, 0.3) is 0 Å². The van der Waals surface area contributed by atoms with Gasteiger partial charge in [-0.3, -0.25) is 14.4 Å². The molecule has 4 nitrogen and oxygen atoms in total. The van der Waals surface area contributed by atoms with E-state index in [2.05, 4.69) is 0 Å². The molecule has 0 radical (unpaired) electrons. The summed E-state index contributed by atoms with van der Waals surface area (Å²) in [5.74, 6) is -2.46. The minimum atomic E-state index is -1.33. The van der Waals surface area contributed by atoms with Crippen LogP contribution >= 0.6 is 0 Å². The molecule has 0 aliphatic heterocycles. The third-order valence-corrected chi connectivity index (χ3v) is 3.48. The number of hydrogen-bond donors (Lipinski definition) is 1. The summed E-state index contributed by atoms with van der Waals surface area (Å²) in [6, 6.07) is 0. The maximum atomic E-state index is 11.7. The van der Waals surface area contributed by atoms with Gasteiger partial charge in [0.05, 0.1) is 11.5 Å². The van der Waals surface area contributed by atoms with E-state index in [1.165, 1.54) is 20.8 Å². The molecule has 0 aromatic carbocycles. The van der Waals surface area contributed by atoms with E-state index in [0.29, 0.717) is 0 Å². The summed E-state index contributed by atoms with van der Waals surface area (Å²) in [5.41, 5.74) is -1.33. The van der Waals surface area contributed by atoms with E-state index in [1.807, 2.05) is 0 Å². The van der Waals surface area contributed by atoms with Gasteiger partial charge < -0.3 is 5.11 Å². The van der Waals surface area contributed by atoms with E-state index in [-0.39, 0.29) is 23.8 Å². The molecule has 0 bridgehead atoms. The predicted molar refractivity (Wildman–Crippen MR) is 57.8 cm³/mol. The molecule has 1 saturated carbocycles. The molecule has 0 aromatic rings. The zero-order valence-electron chi connectivity index (χ0n) is 10.1. The molecule has 1 aliphatic rings. The molecule has 0 amide bonds. The Bertz CT molecular complexity index is 343. The van der Waals surface area contributed by atoms with Crippen molar-refractivity contribution in [2.75, 3.05) is 0 Å². The maximum Gasteiger partial charge on any atom is 0.146 e. The largest absolute Gasteiger partial charge is 0.389 e. The zero-order valence-corrected chi connectivity index (χ0v) is 10.1. The minimum Gasteiger partial charge on any atom is -0.389 e. The molecule has 1 N–H and O–H groups in total. The van der Waals surface area contributed by atoms with Crippen LogP contribution in [0.2, 0.25) is 0 Å². The first-order chi connectivity index (χ1) is 7.18. The first-order valence-corrected chi connectivity index (χ1v) is 5.44. The third-order valence-electron chi connectivity index (χ3n) is 3.48. The number of aliphatic hydroxyl groups is 1. The molecule has 16 heavy (non-hydrogen) atoms. The molecule has 0 spiro atoms. The van der Waals surface area contributed by atoms with Crippen molar-refractivity contribution in [3.05, 3.63) is 0 Å². The number of ketones is 3. The molecule has 1 aliphatic carbocycles. The summed E-state index contributed by atoms with van der Waals surface area (Å²) in [5, 5.41) is 10.1. The van der Waals surface area contributed by atoms with E-state index in [9.17, 15) is 19.5 Å². The molecule has 1 rings (SSSR count). The summed E-state index contributed by atoms with van der Waals surface area (Å²) in [4.78, 5) is 34.6. The van der Waals surface area contributed by atoms with Gasteiger partial charge in [0.2, 0.25) is 0 Å². The molecule has 0 aromatic heterocycles. The van der Waals surface area contributed by atoms with Crippen LogP contribution in [0.15, 0.2) is 0 Å². The Morgan fingerprint density at radius 3 is 2.19 bits per heavy atom. The van der Waals surface area contributed by atoms with Crippen LogP contribution in [0.4, 0.5) is 0 Å². The van der Waals surface area contributed by atoms with Crippen LogP contribution in [0.1, 0.15) is 34.1 Å². The molecule has 90 valence electrons.